The summed E-state index contributed by atoms with van der Waals surface area (Å²) >= 11 is 7.28. The predicted molar refractivity (Wildman–Crippen MR) is 117 cm³/mol. The predicted octanol–water partition coefficient (Wildman–Crippen LogP) is 4.81. The second-order valence-electron chi connectivity index (χ2n) is 6.69. The Bertz CT molecular complexity index is 1040. The minimum Gasteiger partial charge on any atom is -0.383 e. The van der Waals surface area contributed by atoms with Gasteiger partial charge in [-0.25, -0.2) is 4.39 Å². The molecule has 0 spiro atoms. The lowest BCUT2D eigenvalue weighted by Crippen LogP contribution is -2.23. The van der Waals surface area contributed by atoms with Crippen LogP contribution in [0.2, 0.25) is 5.02 Å². The molecule has 1 aromatic heterocycles. The zero-order valence-electron chi connectivity index (χ0n) is 16.9. The van der Waals surface area contributed by atoms with E-state index < -0.39 is 11.1 Å². The maximum atomic E-state index is 13.2. The van der Waals surface area contributed by atoms with Crippen molar-refractivity contribution in [3.63, 3.8) is 0 Å². The number of carbonyl (C=O) groups is 1. The standard InChI is InChI=1S/C21H22ClFN4O2S/c1-13-5-4-6-15(11-13)19-25-26-21(27(19)9-10-29-3)30-14(2)20(28)24-18-8-7-16(23)12-17(18)22/h4-8,11-12,14H,9-10H2,1-3H3,(H,24,28). The lowest BCUT2D eigenvalue weighted by molar-refractivity contribution is -0.115. The largest absolute Gasteiger partial charge is 0.383 e. The average molecular weight is 449 g/mol. The van der Waals surface area contributed by atoms with Crippen molar-refractivity contribution in [1.29, 1.82) is 0 Å². The van der Waals surface area contributed by atoms with Crippen LogP contribution >= 0.6 is 23.4 Å². The zero-order valence-corrected chi connectivity index (χ0v) is 18.4. The van der Waals surface area contributed by atoms with E-state index in [4.69, 9.17) is 16.3 Å². The molecular weight excluding hydrogens is 427 g/mol. The smallest absolute Gasteiger partial charge is 0.237 e. The van der Waals surface area contributed by atoms with Crippen molar-refractivity contribution in [3.05, 3.63) is 58.9 Å². The quantitative estimate of drug-likeness (QED) is 0.501. The number of nitrogens with zero attached hydrogens (tertiary/aromatic N) is 3. The number of nitrogens with one attached hydrogen (secondary N) is 1. The minimum absolute atomic E-state index is 0.144. The van der Waals surface area contributed by atoms with Gasteiger partial charge < -0.3 is 10.1 Å². The van der Waals surface area contributed by atoms with E-state index in [9.17, 15) is 9.18 Å². The van der Waals surface area contributed by atoms with Crippen LogP contribution in [0.5, 0.6) is 0 Å². The Morgan fingerprint density at radius 3 is 2.80 bits per heavy atom. The first-order valence-electron chi connectivity index (χ1n) is 9.30. The fourth-order valence-electron chi connectivity index (χ4n) is 2.79. The minimum atomic E-state index is -0.484. The molecule has 2 aromatic carbocycles. The van der Waals surface area contributed by atoms with Gasteiger partial charge in [0.1, 0.15) is 5.82 Å². The first-order chi connectivity index (χ1) is 14.4. The molecule has 158 valence electrons. The van der Waals surface area contributed by atoms with Gasteiger partial charge in [-0.3, -0.25) is 9.36 Å². The number of ether oxygens (including phenoxy) is 1. The first kappa shape index (κ1) is 22.3. The summed E-state index contributed by atoms with van der Waals surface area (Å²) in [5.41, 5.74) is 2.42. The van der Waals surface area contributed by atoms with Gasteiger partial charge in [0, 0.05) is 12.7 Å². The number of hydrogen-bond acceptors (Lipinski definition) is 5. The van der Waals surface area contributed by atoms with Crippen LogP contribution in [0.1, 0.15) is 12.5 Å². The lowest BCUT2D eigenvalue weighted by atomic mass is 10.1. The van der Waals surface area contributed by atoms with Gasteiger partial charge in [0.05, 0.1) is 29.1 Å². The van der Waals surface area contributed by atoms with Crippen molar-refractivity contribution >= 4 is 35.0 Å². The highest BCUT2D eigenvalue weighted by Gasteiger charge is 2.21. The Labute approximate surface area is 183 Å². The van der Waals surface area contributed by atoms with Gasteiger partial charge in [-0.15, -0.1) is 10.2 Å². The summed E-state index contributed by atoms with van der Waals surface area (Å²) in [6, 6.07) is 11.8. The van der Waals surface area contributed by atoms with Crippen LogP contribution in [0.4, 0.5) is 10.1 Å². The van der Waals surface area contributed by atoms with Crippen molar-refractivity contribution in [2.24, 2.45) is 0 Å². The summed E-state index contributed by atoms with van der Waals surface area (Å²) in [6.07, 6.45) is 0. The highest BCUT2D eigenvalue weighted by molar-refractivity contribution is 8.00. The summed E-state index contributed by atoms with van der Waals surface area (Å²) in [5, 5.41) is 11.6. The fourth-order valence-corrected chi connectivity index (χ4v) is 3.88. The molecule has 6 nitrogen and oxygen atoms in total. The molecule has 0 aliphatic rings. The number of rotatable bonds is 8. The first-order valence-corrected chi connectivity index (χ1v) is 10.6. The van der Waals surface area contributed by atoms with Crippen LogP contribution in [0, 0.1) is 12.7 Å². The molecule has 1 unspecified atom stereocenters. The number of aromatic nitrogens is 3. The van der Waals surface area contributed by atoms with E-state index in [0.717, 1.165) is 17.2 Å². The summed E-state index contributed by atoms with van der Waals surface area (Å²) in [7, 11) is 1.63. The van der Waals surface area contributed by atoms with Crippen LogP contribution in [0.15, 0.2) is 47.6 Å². The van der Waals surface area contributed by atoms with Crippen molar-refractivity contribution in [2.45, 2.75) is 30.8 Å². The molecule has 1 heterocycles. The summed E-state index contributed by atoms with van der Waals surface area (Å²) in [4.78, 5) is 12.6. The third-order valence-electron chi connectivity index (χ3n) is 4.35. The number of carbonyl (C=O) groups excluding carboxylic acids is 1. The summed E-state index contributed by atoms with van der Waals surface area (Å²) < 4.78 is 20.4. The molecule has 1 amide bonds. The number of benzene rings is 2. The van der Waals surface area contributed by atoms with Gasteiger partial charge in [-0.1, -0.05) is 47.1 Å². The molecule has 3 rings (SSSR count). The molecule has 1 N–H and O–H groups in total. The van der Waals surface area contributed by atoms with Crippen LogP contribution in [0.25, 0.3) is 11.4 Å². The second kappa shape index (κ2) is 10.1. The Morgan fingerprint density at radius 2 is 2.10 bits per heavy atom. The second-order valence-corrected chi connectivity index (χ2v) is 8.41. The molecule has 0 aliphatic carbocycles. The Balaban J connectivity index is 1.80. The number of anilines is 1. The number of halogens is 2. The SMILES string of the molecule is COCCn1c(SC(C)C(=O)Nc2ccc(F)cc2Cl)nnc1-c1cccc(C)c1. The number of thioether (sulfide) groups is 1. The third kappa shape index (κ3) is 5.38. The van der Waals surface area contributed by atoms with Crippen LogP contribution < -0.4 is 5.32 Å². The molecule has 0 saturated carbocycles. The van der Waals surface area contributed by atoms with Crippen molar-refractivity contribution < 1.29 is 13.9 Å². The van der Waals surface area contributed by atoms with Gasteiger partial charge in [0.15, 0.2) is 11.0 Å². The van der Waals surface area contributed by atoms with Crippen molar-refractivity contribution in [1.82, 2.24) is 14.8 Å². The van der Waals surface area contributed by atoms with E-state index in [2.05, 4.69) is 15.5 Å². The summed E-state index contributed by atoms with van der Waals surface area (Å²) in [5.74, 6) is -0.0188. The normalized spacial score (nSPS) is 12.0. The molecular formula is C21H22ClFN4O2S. The number of amides is 1. The number of hydrogen-bond donors (Lipinski definition) is 1. The number of methoxy groups -OCH3 is 1. The maximum absolute atomic E-state index is 13.2. The van der Waals surface area contributed by atoms with Gasteiger partial charge in [-0.2, -0.15) is 0 Å². The van der Waals surface area contributed by atoms with E-state index in [-0.39, 0.29) is 10.9 Å². The topological polar surface area (TPSA) is 69.0 Å². The Kier molecular flexibility index (Phi) is 7.47. The van der Waals surface area contributed by atoms with E-state index >= 15 is 0 Å². The van der Waals surface area contributed by atoms with E-state index in [1.54, 1.807) is 14.0 Å². The van der Waals surface area contributed by atoms with Crippen LogP contribution in [-0.2, 0) is 16.1 Å². The molecule has 1 atom stereocenters. The highest BCUT2D eigenvalue weighted by Crippen LogP contribution is 2.29. The van der Waals surface area contributed by atoms with Gasteiger partial charge >= 0.3 is 0 Å². The van der Waals surface area contributed by atoms with Crippen molar-refractivity contribution in [2.75, 3.05) is 19.0 Å². The third-order valence-corrected chi connectivity index (χ3v) is 5.75. The van der Waals surface area contributed by atoms with E-state index in [1.165, 1.54) is 23.9 Å². The summed E-state index contributed by atoms with van der Waals surface area (Å²) in [6.45, 7) is 4.81. The molecule has 3 aromatic rings. The molecule has 0 radical (unpaired) electrons. The molecule has 0 aliphatic heterocycles. The van der Waals surface area contributed by atoms with E-state index in [0.29, 0.717) is 29.8 Å². The molecule has 0 fully saturated rings. The molecule has 0 bridgehead atoms. The number of aryl methyl sites for hydroxylation is 1. The van der Waals surface area contributed by atoms with Gasteiger partial charge in [0.2, 0.25) is 5.91 Å². The molecule has 30 heavy (non-hydrogen) atoms. The molecule has 9 heteroatoms. The Hall–Kier alpha value is -2.42. The maximum Gasteiger partial charge on any atom is 0.237 e. The average Bonchev–Trinajstić information content (AvgIpc) is 3.10. The van der Waals surface area contributed by atoms with Crippen LogP contribution in [0.3, 0.4) is 0 Å². The molecule has 0 saturated heterocycles. The van der Waals surface area contributed by atoms with Crippen LogP contribution in [-0.4, -0.2) is 39.6 Å². The monoisotopic (exact) mass is 448 g/mol. The Morgan fingerprint density at radius 1 is 1.30 bits per heavy atom. The highest BCUT2D eigenvalue weighted by atomic mass is 35.5. The van der Waals surface area contributed by atoms with Crippen molar-refractivity contribution in [3.8, 4) is 11.4 Å². The zero-order chi connectivity index (χ0) is 21.7. The van der Waals surface area contributed by atoms with Gasteiger partial charge in [-0.05, 0) is 38.1 Å². The van der Waals surface area contributed by atoms with E-state index in [1.807, 2.05) is 35.8 Å². The fraction of sp³-hybridized carbons (Fsp3) is 0.286. The van der Waals surface area contributed by atoms with Gasteiger partial charge in [0.25, 0.3) is 0 Å². The lowest BCUT2D eigenvalue weighted by Gasteiger charge is -2.14.